The Morgan fingerprint density at radius 1 is 0.900 bits per heavy atom. The van der Waals surface area contributed by atoms with Gasteiger partial charge in [0, 0.05) is 17.7 Å². The van der Waals surface area contributed by atoms with Gasteiger partial charge in [0.2, 0.25) is 0 Å². The molecule has 5 nitrogen and oxygen atoms in total. The van der Waals surface area contributed by atoms with Crippen LogP contribution in [0.1, 0.15) is 38.7 Å². The van der Waals surface area contributed by atoms with E-state index in [9.17, 15) is 9.59 Å². The Morgan fingerprint density at radius 3 is 2.17 bits per heavy atom. The molecule has 3 aromatic carbocycles. The van der Waals surface area contributed by atoms with E-state index >= 15 is 0 Å². The summed E-state index contributed by atoms with van der Waals surface area (Å²) in [5, 5.41) is 4.99. The van der Waals surface area contributed by atoms with E-state index in [1.807, 2.05) is 30.3 Å². The fourth-order valence-corrected chi connectivity index (χ4v) is 3.27. The smallest absolute Gasteiger partial charge is 0.337 e. The summed E-state index contributed by atoms with van der Waals surface area (Å²) < 4.78 is 4.70. The molecule has 0 saturated carbocycles. The molecule has 1 amide bonds. The van der Waals surface area contributed by atoms with Crippen LogP contribution in [0.3, 0.4) is 0 Å². The highest BCUT2D eigenvalue weighted by molar-refractivity contribution is 5.89. The minimum absolute atomic E-state index is 0.0416. The molecule has 3 rings (SSSR count). The molecule has 0 aliphatic heterocycles. The van der Waals surface area contributed by atoms with Crippen molar-refractivity contribution in [3.8, 4) is 0 Å². The van der Waals surface area contributed by atoms with Crippen molar-refractivity contribution < 1.29 is 19.6 Å². The second kappa shape index (κ2) is 10.4. The second-order valence-electron chi connectivity index (χ2n) is 7.20. The van der Waals surface area contributed by atoms with Gasteiger partial charge in [-0.1, -0.05) is 72.3 Å². The van der Waals surface area contributed by atoms with Crippen LogP contribution in [0.2, 0.25) is 0 Å². The van der Waals surface area contributed by atoms with E-state index in [-0.39, 0.29) is 17.9 Å². The number of esters is 1. The zero-order chi connectivity index (χ0) is 21.3. The SMILES string of the molecule is COC(=O)c1ccc(CNC(=O)C[NH2+][C@@H](c2ccccc2)c2ccc(C)cc2)cc1. The van der Waals surface area contributed by atoms with Crippen LogP contribution in [0, 0.1) is 6.92 Å². The molecule has 0 radical (unpaired) electrons. The van der Waals surface area contributed by atoms with Gasteiger partial charge >= 0.3 is 5.97 Å². The minimum Gasteiger partial charge on any atom is -0.465 e. The van der Waals surface area contributed by atoms with Crippen LogP contribution in [0.4, 0.5) is 0 Å². The van der Waals surface area contributed by atoms with Gasteiger partial charge < -0.3 is 15.4 Å². The Hall–Kier alpha value is -3.44. The van der Waals surface area contributed by atoms with Crippen molar-refractivity contribution in [2.45, 2.75) is 19.5 Å². The molecule has 0 saturated heterocycles. The van der Waals surface area contributed by atoms with E-state index in [2.05, 4.69) is 54.0 Å². The number of ether oxygens (including phenoxy) is 1. The van der Waals surface area contributed by atoms with Gasteiger partial charge in [-0.3, -0.25) is 4.79 Å². The van der Waals surface area contributed by atoms with E-state index < -0.39 is 0 Å². The number of nitrogens with two attached hydrogens (primary N) is 1. The highest BCUT2D eigenvalue weighted by Gasteiger charge is 2.18. The van der Waals surface area contributed by atoms with Gasteiger partial charge in [-0.2, -0.15) is 0 Å². The lowest BCUT2D eigenvalue weighted by Crippen LogP contribution is -2.87. The number of methoxy groups -OCH3 is 1. The zero-order valence-corrected chi connectivity index (χ0v) is 17.3. The third-order valence-corrected chi connectivity index (χ3v) is 5.00. The summed E-state index contributed by atoms with van der Waals surface area (Å²) in [5.41, 5.74) is 4.95. The fourth-order valence-electron chi connectivity index (χ4n) is 3.27. The predicted octanol–water partition coefficient (Wildman–Crippen LogP) is 2.75. The molecule has 0 aliphatic rings. The van der Waals surface area contributed by atoms with E-state index in [4.69, 9.17) is 4.74 Å². The van der Waals surface area contributed by atoms with E-state index in [0.29, 0.717) is 18.7 Å². The summed E-state index contributed by atoms with van der Waals surface area (Å²) in [7, 11) is 1.35. The number of rotatable bonds is 8. The number of aryl methyl sites for hydroxylation is 1. The lowest BCUT2D eigenvalue weighted by atomic mass is 9.98. The quantitative estimate of drug-likeness (QED) is 0.568. The maximum absolute atomic E-state index is 12.4. The van der Waals surface area contributed by atoms with Crippen LogP contribution in [0.5, 0.6) is 0 Å². The highest BCUT2D eigenvalue weighted by atomic mass is 16.5. The van der Waals surface area contributed by atoms with Gasteiger partial charge in [0.1, 0.15) is 6.04 Å². The molecule has 0 spiro atoms. The number of hydrogen-bond donors (Lipinski definition) is 2. The summed E-state index contributed by atoms with van der Waals surface area (Å²) in [6.45, 7) is 2.79. The number of nitrogens with one attached hydrogen (secondary N) is 1. The molecule has 0 aliphatic carbocycles. The number of carbonyl (C=O) groups is 2. The van der Waals surface area contributed by atoms with Gasteiger partial charge in [-0.15, -0.1) is 0 Å². The van der Waals surface area contributed by atoms with Gasteiger partial charge in [-0.25, -0.2) is 4.79 Å². The van der Waals surface area contributed by atoms with Crippen LogP contribution in [0.15, 0.2) is 78.9 Å². The fraction of sp³-hybridized carbons (Fsp3) is 0.200. The molecular weight excluding hydrogens is 376 g/mol. The van der Waals surface area contributed by atoms with Crippen LogP contribution in [-0.2, 0) is 16.1 Å². The van der Waals surface area contributed by atoms with Crippen LogP contribution < -0.4 is 10.6 Å². The Bertz CT molecular complexity index is 968. The number of amides is 1. The number of carbonyl (C=O) groups excluding carboxylic acids is 2. The summed E-state index contributed by atoms with van der Waals surface area (Å²) in [5.74, 6) is -0.414. The van der Waals surface area contributed by atoms with Gasteiger partial charge in [0.15, 0.2) is 6.54 Å². The molecule has 0 fully saturated rings. The molecule has 30 heavy (non-hydrogen) atoms. The van der Waals surface area contributed by atoms with Crippen LogP contribution >= 0.6 is 0 Å². The molecule has 0 aromatic heterocycles. The lowest BCUT2D eigenvalue weighted by molar-refractivity contribution is -0.676. The van der Waals surface area contributed by atoms with Gasteiger partial charge in [0.25, 0.3) is 5.91 Å². The van der Waals surface area contributed by atoms with Crippen molar-refractivity contribution in [1.29, 1.82) is 0 Å². The van der Waals surface area contributed by atoms with E-state index in [1.54, 1.807) is 12.1 Å². The normalized spacial score (nSPS) is 11.5. The molecule has 154 valence electrons. The standard InChI is InChI=1S/C25H26N2O3/c1-18-8-12-21(13-9-18)24(20-6-4-3-5-7-20)27-17-23(28)26-16-19-10-14-22(15-11-19)25(29)30-2/h3-15,24,27H,16-17H2,1-2H3,(H,26,28)/p+1/t24-/m0/s1. The summed E-state index contributed by atoms with van der Waals surface area (Å²) in [4.78, 5) is 23.9. The summed E-state index contributed by atoms with van der Waals surface area (Å²) >= 11 is 0. The van der Waals surface area contributed by atoms with Crippen molar-refractivity contribution in [3.63, 3.8) is 0 Å². The van der Waals surface area contributed by atoms with Crippen molar-refractivity contribution in [1.82, 2.24) is 5.32 Å². The first-order valence-electron chi connectivity index (χ1n) is 9.95. The first-order chi connectivity index (χ1) is 14.6. The molecule has 1 atom stereocenters. The summed E-state index contributed by atoms with van der Waals surface area (Å²) in [6, 6.07) is 25.7. The number of benzene rings is 3. The van der Waals surface area contributed by atoms with Crippen LogP contribution in [0.25, 0.3) is 0 Å². The Morgan fingerprint density at radius 2 is 1.53 bits per heavy atom. The second-order valence-corrected chi connectivity index (χ2v) is 7.20. The Kier molecular flexibility index (Phi) is 7.35. The zero-order valence-electron chi connectivity index (χ0n) is 17.3. The molecule has 5 heteroatoms. The molecule has 0 unspecified atom stereocenters. The van der Waals surface area contributed by atoms with Crippen molar-refractivity contribution in [2.75, 3.05) is 13.7 Å². The van der Waals surface area contributed by atoms with E-state index in [0.717, 1.165) is 16.7 Å². The average Bonchev–Trinajstić information content (AvgIpc) is 2.79. The maximum atomic E-state index is 12.4. The number of quaternary nitrogens is 1. The van der Waals surface area contributed by atoms with Crippen molar-refractivity contribution in [3.05, 3.63) is 107 Å². The maximum Gasteiger partial charge on any atom is 0.337 e. The molecule has 0 bridgehead atoms. The van der Waals surface area contributed by atoms with Gasteiger partial charge in [-0.05, 0) is 24.6 Å². The topological polar surface area (TPSA) is 72.0 Å². The van der Waals surface area contributed by atoms with E-state index in [1.165, 1.54) is 12.7 Å². The van der Waals surface area contributed by atoms with Crippen molar-refractivity contribution in [2.24, 2.45) is 0 Å². The Labute approximate surface area is 177 Å². The van der Waals surface area contributed by atoms with Gasteiger partial charge in [0.05, 0.1) is 12.7 Å². The third kappa shape index (κ3) is 5.78. The van der Waals surface area contributed by atoms with Crippen molar-refractivity contribution >= 4 is 11.9 Å². The van der Waals surface area contributed by atoms with Crippen LogP contribution in [-0.4, -0.2) is 25.5 Å². The third-order valence-electron chi connectivity index (χ3n) is 5.00. The Balaban J connectivity index is 1.59. The summed E-state index contributed by atoms with van der Waals surface area (Å²) in [6.07, 6.45) is 0. The first kappa shape index (κ1) is 21.3. The number of hydrogen-bond acceptors (Lipinski definition) is 3. The molecular formula is C25H27N2O3+. The monoisotopic (exact) mass is 403 g/mol. The molecule has 3 N–H and O–H groups in total. The first-order valence-corrected chi connectivity index (χ1v) is 9.95. The molecule has 3 aromatic rings. The highest BCUT2D eigenvalue weighted by Crippen LogP contribution is 2.18. The minimum atomic E-state index is -0.372. The molecule has 0 heterocycles. The largest absolute Gasteiger partial charge is 0.465 e. The lowest BCUT2D eigenvalue weighted by Gasteiger charge is -2.17. The predicted molar refractivity (Wildman–Crippen MR) is 116 cm³/mol. The average molecular weight is 404 g/mol.